The van der Waals surface area contributed by atoms with Crippen molar-refractivity contribution in [2.24, 2.45) is 5.92 Å². The number of alkyl carbamates (subject to hydrolysis) is 1. The maximum Gasteiger partial charge on any atom is 0.407 e. The zero-order chi connectivity index (χ0) is 37.3. The Kier molecular flexibility index (Phi) is 10.8. The minimum absolute atomic E-state index is 0.00252. The largest absolute Gasteiger partial charge is 0.445 e. The number of hydrogen-bond donors (Lipinski definition) is 2. The van der Waals surface area contributed by atoms with Gasteiger partial charge in [-0.3, -0.25) is 29.4 Å². The molecule has 284 valence electrons. The number of carbonyl (C=O) groups excluding carboxylic acids is 5. The third-order valence-corrected chi connectivity index (χ3v) is 13.0. The van der Waals surface area contributed by atoms with Crippen molar-refractivity contribution in [1.82, 2.24) is 29.0 Å². The number of piperazine rings is 1. The molecule has 5 aliphatic rings. The van der Waals surface area contributed by atoms with E-state index in [1.165, 1.54) is 14.7 Å². The number of rotatable bonds is 9. The topological polar surface area (TPSA) is 169 Å². The van der Waals surface area contributed by atoms with Gasteiger partial charge in [0.05, 0.1) is 16.8 Å². The highest BCUT2D eigenvalue weighted by Crippen LogP contribution is 2.34. The molecule has 5 aliphatic heterocycles. The van der Waals surface area contributed by atoms with Crippen LogP contribution in [-0.4, -0.2) is 128 Å². The van der Waals surface area contributed by atoms with E-state index in [0.29, 0.717) is 71.1 Å². The number of amides is 5. The van der Waals surface area contributed by atoms with Crippen LogP contribution >= 0.6 is 0 Å². The number of carbonyl (C=O) groups is 5. The van der Waals surface area contributed by atoms with Crippen LogP contribution in [0.3, 0.4) is 0 Å². The molecule has 5 heterocycles. The lowest BCUT2D eigenvalue weighted by Gasteiger charge is -2.41. The van der Waals surface area contributed by atoms with Gasteiger partial charge in [0.25, 0.3) is 22.0 Å². The normalized spacial score (nSPS) is 22.9. The molecule has 4 fully saturated rings. The fraction of sp³-hybridized carbons (Fsp3) is 0.528. The fourth-order valence-electron chi connectivity index (χ4n) is 7.91. The molecule has 0 bridgehead atoms. The number of nitrogens with one attached hydrogen (secondary N) is 2. The monoisotopic (exact) mass is 753 g/mol. The van der Waals surface area contributed by atoms with Crippen molar-refractivity contribution in [1.29, 1.82) is 0 Å². The van der Waals surface area contributed by atoms with Gasteiger partial charge >= 0.3 is 6.09 Å². The summed E-state index contributed by atoms with van der Waals surface area (Å²) in [5, 5.41) is 5.02. The fourth-order valence-corrected chi connectivity index (χ4v) is 9.53. The molecule has 2 aromatic rings. The average molecular weight is 754 g/mol. The molecule has 0 aromatic heterocycles. The number of piperidine rings is 3. The van der Waals surface area contributed by atoms with Crippen LogP contribution in [0.15, 0.2) is 42.5 Å². The summed E-state index contributed by atoms with van der Waals surface area (Å²) in [4.78, 5) is 67.5. The lowest BCUT2D eigenvalue weighted by atomic mass is 9.95. The quantitative estimate of drug-likeness (QED) is 0.360. The van der Waals surface area contributed by atoms with Crippen molar-refractivity contribution >= 4 is 45.6 Å². The minimum Gasteiger partial charge on any atom is -0.445 e. The summed E-state index contributed by atoms with van der Waals surface area (Å²) in [6.45, 7) is 4.65. The molecule has 2 aromatic carbocycles. The first-order valence-electron chi connectivity index (χ1n) is 18.2. The van der Waals surface area contributed by atoms with Crippen LogP contribution in [-0.2, 0) is 31.1 Å². The Balaban J connectivity index is 0.847. The lowest BCUT2D eigenvalue weighted by molar-refractivity contribution is -0.136. The molecule has 0 spiro atoms. The van der Waals surface area contributed by atoms with E-state index in [9.17, 15) is 32.4 Å². The Morgan fingerprint density at radius 3 is 2.13 bits per heavy atom. The molecule has 0 saturated carbocycles. The second-order valence-electron chi connectivity index (χ2n) is 14.3. The zero-order valence-electron chi connectivity index (χ0n) is 29.4. The second kappa shape index (κ2) is 15.5. The van der Waals surface area contributed by atoms with E-state index < -0.39 is 51.8 Å². The molecule has 2 N–H and O–H groups in total. The van der Waals surface area contributed by atoms with E-state index in [-0.39, 0.29) is 42.3 Å². The SMILES string of the molecule is O=C1CCC(N2C(=O)c3cc(F)c(N4CCC(CN5CCN(S(=O)(=O)N6CCC(NC(=O)OCc7ccccc7)CC6)CC5)CC4)cc3C2=O)C(=O)N1. The predicted octanol–water partition coefficient (Wildman–Crippen LogP) is 1.70. The van der Waals surface area contributed by atoms with Gasteiger partial charge in [0.1, 0.15) is 18.5 Å². The molecule has 7 rings (SSSR count). The Morgan fingerprint density at radius 2 is 1.47 bits per heavy atom. The van der Waals surface area contributed by atoms with Gasteiger partial charge in [-0.25, -0.2) is 9.18 Å². The van der Waals surface area contributed by atoms with Gasteiger partial charge in [-0.1, -0.05) is 30.3 Å². The number of fused-ring (bicyclic) bond motifs is 1. The molecule has 17 heteroatoms. The Hall–Kier alpha value is -4.45. The number of nitrogens with zero attached hydrogens (tertiary/aromatic N) is 5. The first-order valence-corrected chi connectivity index (χ1v) is 19.6. The maximum atomic E-state index is 15.4. The van der Waals surface area contributed by atoms with Gasteiger partial charge < -0.3 is 19.9 Å². The number of benzene rings is 2. The van der Waals surface area contributed by atoms with Gasteiger partial charge in [-0.2, -0.15) is 17.0 Å². The smallest absolute Gasteiger partial charge is 0.407 e. The van der Waals surface area contributed by atoms with Crippen LogP contribution < -0.4 is 15.5 Å². The molecule has 53 heavy (non-hydrogen) atoms. The van der Waals surface area contributed by atoms with E-state index >= 15 is 4.39 Å². The van der Waals surface area contributed by atoms with E-state index in [0.717, 1.165) is 35.9 Å². The van der Waals surface area contributed by atoms with Crippen LogP contribution in [0.25, 0.3) is 0 Å². The summed E-state index contributed by atoms with van der Waals surface area (Å²) in [7, 11) is -3.64. The van der Waals surface area contributed by atoms with Gasteiger partial charge in [0, 0.05) is 71.4 Å². The summed E-state index contributed by atoms with van der Waals surface area (Å²) in [5.74, 6) is -2.89. The molecule has 5 amide bonds. The maximum absolute atomic E-state index is 15.4. The molecular formula is C36H44FN7O8S. The summed E-state index contributed by atoms with van der Waals surface area (Å²) in [5.41, 5.74) is 1.08. The number of halogens is 1. The molecule has 0 radical (unpaired) electrons. The van der Waals surface area contributed by atoms with Crippen molar-refractivity contribution in [2.75, 3.05) is 63.8 Å². The summed E-state index contributed by atoms with van der Waals surface area (Å²) < 4.78 is 50.7. The summed E-state index contributed by atoms with van der Waals surface area (Å²) >= 11 is 0. The standard InChI is InChI=1S/C36H44FN7O8S/c37-29-20-27-28(35(48)44(34(27)47)30-6-7-32(45)39-33(30)46)21-31(29)41-12-8-24(9-13-41)22-40-16-18-43(19-17-40)53(50,51)42-14-10-26(11-15-42)38-36(49)52-23-25-4-2-1-3-5-25/h1-5,20-21,24,26,30H,6-19,22-23H2,(H,38,49)(H,39,45,46). The number of imide groups is 2. The van der Waals surface area contributed by atoms with Crippen LogP contribution in [0.5, 0.6) is 0 Å². The molecule has 15 nitrogen and oxygen atoms in total. The second-order valence-corrected chi connectivity index (χ2v) is 16.2. The van der Waals surface area contributed by atoms with Gasteiger partial charge in [-0.15, -0.1) is 0 Å². The minimum atomic E-state index is -3.64. The van der Waals surface area contributed by atoms with Crippen molar-refractivity contribution < 1.29 is 41.5 Å². The van der Waals surface area contributed by atoms with Crippen molar-refractivity contribution in [3.05, 3.63) is 65.0 Å². The first kappa shape index (κ1) is 36.9. The van der Waals surface area contributed by atoms with Crippen LogP contribution in [0.4, 0.5) is 14.9 Å². The Morgan fingerprint density at radius 1 is 0.830 bits per heavy atom. The summed E-state index contributed by atoms with van der Waals surface area (Å²) in [6, 6.07) is 10.6. The van der Waals surface area contributed by atoms with Gasteiger partial charge in [-0.05, 0) is 55.7 Å². The van der Waals surface area contributed by atoms with Crippen molar-refractivity contribution in [3.8, 4) is 0 Å². The highest BCUT2D eigenvalue weighted by atomic mass is 32.2. The van der Waals surface area contributed by atoms with E-state index in [2.05, 4.69) is 15.5 Å². The van der Waals surface area contributed by atoms with E-state index in [1.54, 1.807) is 0 Å². The Labute approximate surface area is 307 Å². The van der Waals surface area contributed by atoms with Crippen molar-refractivity contribution in [2.45, 2.75) is 57.2 Å². The van der Waals surface area contributed by atoms with Crippen molar-refractivity contribution in [3.63, 3.8) is 0 Å². The highest BCUT2D eigenvalue weighted by Gasteiger charge is 2.45. The molecule has 0 aliphatic carbocycles. The molecular weight excluding hydrogens is 710 g/mol. The molecule has 4 saturated heterocycles. The van der Waals surface area contributed by atoms with Crippen LogP contribution in [0.1, 0.15) is 64.8 Å². The Bertz CT molecular complexity index is 1860. The summed E-state index contributed by atoms with van der Waals surface area (Å²) in [6.07, 6.45) is 2.06. The number of hydrogen-bond acceptors (Lipinski definition) is 10. The first-order chi connectivity index (χ1) is 25.5. The molecule has 1 unspecified atom stereocenters. The number of ether oxygens (including phenoxy) is 1. The average Bonchev–Trinajstić information content (AvgIpc) is 3.39. The zero-order valence-corrected chi connectivity index (χ0v) is 30.2. The predicted molar refractivity (Wildman–Crippen MR) is 189 cm³/mol. The van der Waals surface area contributed by atoms with Crippen LogP contribution in [0, 0.1) is 11.7 Å². The van der Waals surface area contributed by atoms with Gasteiger partial charge in [0.15, 0.2) is 0 Å². The third kappa shape index (κ3) is 7.93. The third-order valence-electron chi connectivity index (χ3n) is 11.0. The lowest BCUT2D eigenvalue weighted by Crippen LogP contribution is -2.56. The van der Waals surface area contributed by atoms with E-state index in [4.69, 9.17) is 4.74 Å². The van der Waals surface area contributed by atoms with Gasteiger partial charge in [0.2, 0.25) is 11.8 Å². The van der Waals surface area contributed by atoms with E-state index in [1.807, 2.05) is 35.2 Å². The highest BCUT2D eigenvalue weighted by molar-refractivity contribution is 7.86. The van der Waals surface area contributed by atoms with Crippen LogP contribution in [0.2, 0.25) is 0 Å². The number of anilines is 1. The molecule has 1 atom stereocenters.